The van der Waals surface area contributed by atoms with Crippen LogP contribution in [0.25, 0.3) is 0 Å². The van der Waals surface area contributed by atoms with E-state index in [1.54, 1.807) is 6.20 Å². The molecule has 0 saturated carbocycles. The van der Waals surface area contributed by atoms with Gasteiger partial charge in [-0.3, -0.25) is 9.78 Å². The summed E-state index contributed by atoms with van der Waals surface area (Å²) >= 11 is 0. The number of nitrogens with zero attached hydrogens (tertiary/aromatic N) is 2. The molecule has 0 aliphatic heterocycles. The van der Waals surface area contributed by atoms with E-state index in [9.17, 15) is 9.90 Å². The third kappa shape index (κ3) is 2.97. The smallest absolute Gasteiger partial charge is 0.311 e. The van der Waals surface area contributed by atoms with Crippen molar-refractivity contribution in [3.63, 3.8) is 0 Å². The van der Waals surface area contributed by atoms with E-state index in [0.717, 1.165) is 11.4 Å². The number of aliphatic carboxylic acids is 1. The van der Waals surface area contributed by atoms with E-state index in [2.05, 4.69) is 15.3 Å². The van der Waals surface area contributed by atoms with Crippen LogP contribution >= 0.6 is 0 Å². The van der Waals surface area contributed by atoms with Crippen molar-refractivity contribution in [3.05, 3.63) is 17.6 Å². The Hall–Kier alpha value is -1.65. The lowest BCUT2D eigenvalue weighted by atomic mass is 9.82. The highest BCUT2D eigenvalue weighted by Crippen LogP contribution is 2.27. The molecule has 18 heavy (non-hydrogen) atoms. The molecule has 5 nitrogen and oxygen atoms in total. The van der Waals surface area contributed by atoms with Crippen LogP contribution < -0.4 is 5.32 Å². The highest BCUT2D eigenvalue weighted by Gasteiger charge is 2.34. The molecule has 1 aromatic rings. The van der Waals surface area contributed by atoms with Gasteiger partial charge in [0, 0.05) is 6.54 Å². The van der Waals surface area contributed by atoms with Crippen LogP contribution in [0, 0.1) is 19.3 Å². The number of anilines is 1. The second-order valence-electron chi connectivity index (χ2n) is 4.57. The molecule has 1 heterocycles. The molecule has 0 aromatic carbocycles. The number of hydrogen-bond donors (Lipinski definition) is 2. The molecular weight excluding hydrogens is 230 g/mol. The van der Waals surface area contributed by atoms with Crippen LogP contribution in [0.1, 0.15) is 38.1 Å². The van der Waals surface area contributed by atoms with E-state index >= 15 is 0 Å². The lowest BCUT2D eigenvalue weighted by Gasteiger charge is -2.27. The minimum absolute atomic E-state index is 0.368. The van der Waals surface area contributed by atoms with E-state index in [1.165, 1.54) is 0 Å². The maximum Gasteiger partial charge on any atom is 0.311 e. The Morgan fingerprint density at radius 1 is 1.33 bits per heavy atom. The number of aryl methyl sites for hydroxylation is 2. The minimum atomic E-state index is -0.767. The molecule has 1 aromatic heterocycles. The second-order valence-corrected chi connectivity index (χ2v) is 4.57. The molecule has 0 unspecified atom stereocenters. The summed E-state index contributed by atoms with van der Waals surface area (Å²) in [4.78, 5) is 19.9. The fourth-order valence-corrected chi connectivity index (χ4v) is 1.76. The molecule has 0 spiro atoms. The van der Waals surface area contributed by atoms with Crippen molar-refractivity contribution in [1.29, 1.82) is 0 Å². The molecule has 0 amide bonds. The molecule has 1 rings (SSSR count). The molecule has 0 saturated heterocycles. The van der Waals surface area contributed by atoms with Crippen LogP contribution in [0.4, 0.5) is 5.82 Å². The Labute approximate surface area is 108 Å². The molecule has 100 valence electrons. The first-order valence-corrected chi connectivity index (χ1v) is 6.22. The van der Waals surface area contributed by atoms with Gasteiger partial charge in [-0.25, -0.2) is 4.98 Å². The molecular formula is C13H21N3O2. The van der Waals surface area contributed by atoms with Gasteiger partial charge in [-0.15, -0.1) is 0 Å². The number of hydrogen-bond acceptors (Lipinski definition) is 4. The van der Waals surface area contributed by atoms with E-state index in [1.807, 2.05) is 27.7 Å². The largest absolute Gasteiger partial charge is 0.481 e. The molecule has 0 bridgehead atoms. The second kappa shape index (κ2) is 5.80. The maximum absolute atomic E-state index is 11.3. The van der Waals surface area contributed by atoms with E-state index in [-0.39, 0.29) is 0 Å². The van der Waals surface area contributed by atoms with Crippen molar-refractivity contribution in [2.45, 2.75) is 40.5 Å². The van der Waals surface area contributed by atoms with E-state index < -0.39 is 11.4 Å². The number of rotatable bonds is 6. The predicted molar refractivity (Wildman–Crippen MR) is 70.6 cm³/mol. The van der Waals surface area contributed by atoms with Crippen LogP contribution in [0.2, 0.25) is 0 Å². The maximum atomic E-state index is 11.3. The van der Waals surface area contributed by atoms with Crippen molar-refractivity contribution >= 4 is 11.8 Å². The van der Waals surface area contributed by atoms with Gasteiger partial charge >= 0.3 is 5.97 Å². The van der Waals surface area contributed by atoms with Crippen LogP contribution in [0.3, 0.4) is 0 Å². The minimum Gasteiger partial charge on any atom is -0.481 e. The molecule has 2 N–H and O–H groups in total. The fourth-order valence-electron chi connectivity index (χ4n) is 1.76. The number of carbonyl (C=O) groups is 1. The third-order valence-corrected chi connectivity index (χ3v) is 3.61. The molecule has 0 aliphatic carbocycles. The number of carboxylic acid groups (broad SMARTS) is 1. The molecule has 0 aliphatic rings. The average molecular weight is 251 g/mol. The summed E-state index contributed by atoms with van der Waals surface area (Å²) < 4.78 is 0. The fraction of sp³-hybridized carbons (Fsp3) is 0.615. The highest BCUT2D eigenvalue weighted by atomic mass is 16.4. The summed E-state index contributed by atoms with van der Waals surface area (Å²) in [7, 11) is 0. The Balaban J connectivity index is 2.79. The third-order valence-electron chi connectivity index (χ3n) is 3.61. The molecule has 0 atom stereocenters. The molecule has 5 heteroatoms. The Morgan fingerprint density at radius 2 is 1.94 bits per heavy atom. The predicted octanol–water partition coefficient (Wildman–Crippen LogP) is 2.40. The summed E-state index contributed by atoms with van der Waals surface area (Å²) in [6.45, 7) is 7.94. The zero-order valence-corrected chi connectivity index (χ0v) is 11.4. The standard InChI is InChI=1S/C13H21N3O2/c1-5-13(6-2,12(17)18)8-15-11-7-14-9(3)10(4)16-11/h7H,5-6,8H2,1-4H3,(H,15,16)(H,17,18). The first kappa shape index (κ1) is 14.4. The van der Waals surface area contributed by atoms with Crippen molar-refractivity contribution in [2.24, 2.45) is 5.41 Å². The van der Waals surface area contributed by atoms with E-state index in [4.69, 9.17) is 0 Å². The van der Waals surface area contributed by atoms with Gasteiger partial charge in [-0.05, 0) is 26.7 Å². The summed E-state index contributed by atoms with van der Waals surface area (Å²) in [5.74, 6) is -0.137. The summed E-state index contributed by atoms with van der Waals surface area (Å²) in [5, 5.41) is 12.4. The van der Waals surface area contributed by atoms with E-state index in [0.29, 0.717) is 25.2 Å². The first-order valence-electron chi connectivity index (χ1n) is 6.22. The topological polar surface area (TPSA) is 75.1 Å². The monoisotopic (exact) mass is 251 g/mol. The zero-order chi connectivity index (χ0) is 13.8. The Kier molecular flexibility index (Phi) is 4.64. The average Bonchev–Trinajstić information content (AvgIpc) is 2.35. The summed E-state index contributed by atoms with van der Waals surface area (Å²) in [6.07, 6.45) is 2.81. The van der Waals surface area contributed by atoms with Gasteiger partial charge in [0.2, 0.25) is 0 Å². The number of carboxylic acids is 1. The van der Waals surface area contributed by atoms with Crippen molar-refractivity contribution in [1.82, 2.24) is 9.97 Å². The van der Waals surface area contributed by atoms with Gasteiger partial charge in [-0.2, -0.15) is 0 Å². The van der Waals surface area contributed by atoms with Gasteiger partial charge < -0.3 is 10.4 Å². The SMILES string of the molecule is CCC(CC)(CNc1cnc(C)c(C)n1)C(=O)O. The van der Waals surface area contributed by atoms with Crippen molar-refractivity contribution < 1.29 is 9.90 Å². The van der Waals surface area contributed by atoms with Crippen molar-refractivity contribution in [3.8, 4) is 0 Å². The number of nitrogens with one attached hydrogen (secondary N) is 1. The van der Waals surface area contributed by atoms with Gasteiger partial charge in [0.25, 0.3) is 0 Å². The first-order chi connectivity index (χ1) is 8.45. The van der Waals surface area contributed by atoms with Gasteiger partial charge in [0.1, 0.15) is 5.82 Å². The van der Waals surface area contributed by atoms with Crippen LogP contribution in [0.5, 0.6) is 0 Å². The number of aromatic nitrogens is 2. The molecule has 0 radical (unpaired) electrons. The normalized spacial score (nSPS) is 11.3. The lowest BCUT2D eigenvalue weighted by Crippen LogP contribution is -2.37. The highest BCUT2D eigenvalue weighted by molar-refractivity contribution is 5.75. The van der Waals surface area contributed by atoms with Gasteiger partial charge in [0.05, 0.1) is 23.0 Å². The Bertz CT molecular complexity index is 428. The summed E-state index contributed by atoms with van der Waals surface area (Å²) in [6, 6.07) is 0. The van der Waals surface area contributed by atoms with Crippen LogP contribution in [-0.4, -0.2) is 27.6 Å². The van der Waals surface area contributed by atoms with Gasteiger partial charge in [0.15, 0.2) is 0 Å². The quantitative estimate of drug-likeness (QED) is 0.812. The van der Waals surface area contributed by atoms with Gasteiger partial charge in [-0.1, -0.05) is 13.8 Å². The Morgan fingerprint density at radius 3 is 2.39 bits per heavy atom. The van der Waals surface area contributed by atoms with Crippen LogP contribution in [-0.2, 0) is 4.79 Å². The van der Waals surface area contributed by atoms with Crippen LogP contribution in [0.15, 0.2) is 6.20 Å². The lowest BCUT2D eigenvalue weighted by molar-refractivity contribution is -0.148. The summed E-state index contributed by atoms with van der Waals surface area (Å²) in [5.41, 5.74) is 1.01. The molecule has 0 fully saturated rings. The zero-order valence-electron chi connectivity index (χ0n) is 11.4. The van der Waals surface area contributed by atoms with Crippen molar-refractivity contribution in [2.75, 3.05) is 11.9 Å².